The first kappa shape index (κ1) is 31.0. The summed E-state index contributed by atoms with van der Waals surface area (Å²) in [5.74, 6) is -1.41. The fraction of sp³-hybridized carbons (Fsp3) is 0.300. The van der Waals surface area contributed by atoms with Crippen LogP contribution in [0.3, 0.4) is 0 Å². The molecular weight excluding hydrogens is 595 g/mol. The Balaban J connectivity index is 0.00000420. The number of carboxylic acid groups (broad SMARTS) is 1. The fourth-order valence-electron chi connectivity index (χ4n) is 4.99. The van der Waals surface area contributed by atoms with Crippen LogP contribution in [-0.4, -0.2) is 57.5 Å². The minimum atomic E-state index is -1.89. The van der Waals surface area contributed by atoms with Crippen molar-refractivity contribution in [2.45, 2.75) is 37.0 Å². The van der Waals surface area contributed by atoms with Crippen LogP contribution in [-0.2, 0) is 14.4 Å². The number of carbonyl (C=O) groups is 3. The van der Waals surface area contributed by atoms with Crippen molar-refractivity contribution >= 4 is 52.7 Å². The van der Waals surface area contributed by atoms with Crippen molar-refractivity contribution in [1.82, 2.24) is 4.90 Å². The Kier molecular flexibility index (Phi) is 11.7. The number of rotatable bonds is 13. The smallest absolute Gasteiger partial charge is 0.321 e. The fourth-order valence-corrected chi connectivity index (χ4v) is 10.5. The van der Waals surface area contributed by atoms with Gasteiger partial charge < -0.3 is 27.8 Å². The molecular formula is C30H34BrN2O4PS. The third kappa shape index (κ3) is 7.37. The Morgan fingerprint density at radius 1 is 0.872 bits per heavy atom. The lowest BCUT2D eigenvalue weighted by molar-refractivity contribution is -0.139. The van der Waals surface area contributed by atoms with Gasteiger partial charge in [0.1, 0.15) is 29.2 Å². The van der Waals surface area contributed by atoms with Gasteiger partial charge in [-0.1, -0.05) is 54.6 Å². The van der Waals surface area contributed by atoms with Crippen LogP contribution < -0.4 is 38.6 Å². The Bertz CT molecular complexity index is 1140. The summed E-state index contributed by atoms with van der Waals surface area (Å²) >= 11 is 1.16. The number of benzene rings is 3. The number of nitrogens with two attached hydrogens (primary N) is 1. The van der Waals surface area contributed by atoms with Gasteiger partial charge in [0.2, 0.25) is 11.8 Å². The first-order valence-electron chi connectivity index (χ1n) is 12.9. The zero-order valence-electron chi connectivity index (χ0n) is 21.7. The Labute approximate surface area is 245 Å². The van der Waals surface area contributed by atoms with Gasteiger partial charge in [0.15, 0.2) is 0 Å². The quantitative estimate of drug-likeness (QED) is 0.162. The van der Waals surface area contributed by atoms with Gasteiger partial charge in [-0.05, 0) is 55.7 Å². The molecule has 0 bridgehead atoms. The van der Waals surface area contributed by atoms with Crippen molar-refractivity contribution in [2.24, 2.45) is 5.73 Å². The second-order valence-electron chi connectivity index (χ2n) is 9.46. The number of carboxylic acids is 1. The standard InChI is InChI=1S/C30H33N2O4PS.BrH/c31-26(30(35)36)22-38-27-21-28(33)32(29(27)34)19-11-4-12-20-37(23-13-5-1-6-14-23,24-15-7-2-8-16-24)25-17-9-3-10-18-25;/h1-3,5-10,13-18,26-27H,4,11-12,19-22,31H2;1H. The average molecular weight is 630 g/mol. The highest BCUT2D eigenvalue weighted by Gasteiger charge is 2.44. The van der Waals surface area contributed by atoms with E-state index in [4.69, 9.17) is 10.8 Å². The summed E-state index contributed by atoms with van der Waals surface area (Å²) < 4.78 is 0. The van der Waals surface area contributed by atoms with E-state index in [0.29, 0.717) is 6.54 Å². The molecule has 0 aliphatic carbocycles. The summed E-state index contributed by atoms with van der Waals surface area (Å²) in [7, 11) is -1.89. The second kappa shape index (κ2) is 14.8. The van der Waals surface area contributed by atoms with Crippen LogP contribution in [0.4, 0.5) is 0 Å². The number of nitrogens with zero attached hydrogens (tertiary/aromatic N) is 1. The summed E-state index contributed by atoms with van der Waals surface area (Å²) in [6.07, 6.45) is 3.71. The van der Waals surface area contributed by atoms with Crippen LogP contribution in [0.5, 0.6) is 0 Å². The average Bonchev–Trinajstić information content (AvgIpc) is 3.22. The third-order valence-electron chi connectivity index (χ3n) is 6.96. The molecule has 3 N–H and O–H groups in total. The van der Waals surface area contributed by atoms with Crippen LogP contribution in [0, 0.1) is 0 Å². The number of likely N-dealkylation sites (tertiary alicyclic amines) is 1. The van der Waals surface area contributed by atoms with Gasteiger partial charge in [-0.25, -0.2) is 0 Å². The van der Waals surface area contributed by atoms with E-state index in [0.717, 1.165) is 37.2 Å². The Hall–Kier alpha value is -2.51. The summed E-state index contributed by atoms with van der Waals surface area (Å²) in [4.78, 5) is 37.6. The largest absolute Gasteiger partial charge is 1.00 e. The molecule has 0 saturated carbocycles. The van der Waals surface area contributed by atoms with Crippen LogP contribution in [0.2, 0.25) is 0 Å². The molecule has 1 saturated heterocycles. The van der Waals surface area contributed by atoms with Crippen molar-refractivity contribution < 1.29 is 36.5 Å². The van der Waals surface area contributed by atoms with E-state index in [9.17, 15) is 14.4 Å². The van der Waals surface area contributed by atoms with Crippen LogP contribution in [0.25, 0.3) is 0 Å². The Morgan fingerprint density at radius 3 is 1.82 bits per heavy atom. The lowest BCUT2D eigenvalue weighted by Crippen LogP contribution is -3.00. The van der Waals surface area contributed by atoms with Crippen LogP contribution in [0.1, 0.15) is 25.7 Å². The van der Waals surface area contributed by atoms with Crippen molar-refractivity contribution in [2.75, 3.05) is 18.5 Å². The van der Waals surface area contributed by atoms with Crippen molar-refractivity contribution in [3.63, 3.8) is 0 Å². The number of imide groups is 1. The number of aliphatic carboxylic acids is 1. The number of thioether (sulfide) groups is 1. The number of amides is 2. The topological polar surface area (TPSA) is 101 Å². The van der Waals surface area contributed by atoms with E-state index in [2.05, 4.69) is 91.0 Å². The number of halogens is 1. The molecule has 2 unspecified atom stereocenters. The van der Waals surface area contributed by atoms with Gasteiger partial charge in [-0.3, -0.25) is 19.3 Å². The normalized spacial score (nSPS) is 16.1. The SMILES string of the molecule is NC(CSC1CC(=O)N(CCCCC[P+](c2ccccc2)(c2ccccc2)c2ccccc2)C1=O)C(=O)O.[Br-]. The molecule has 0 radical (unpaired) electrons. The predicted molar refractivity (Wildman–Crippen MR) is 157 cm³/mol. The van der Waals surface area contributed by atoms with Gasteiger partial charge in [-0.2, -0.15) is 0 Å². The minimum Gasteiger partial charge on any atom is -1.00 e. The van der Waals surface area contributed by atoms with Crippen molar-refractivity contribution in [3.05, 3.63) is 91.0 Å². The predicted octanol–water partition coefficient (Wildman–Crippen LogP) is 0.427. The lowest BCUT2D eigenvalue weighted by Gasteiger charge is -2.27. The van der Waals surface area contributed by atoms with Gasteiger partial charge in [0.25, 0.3) is 0 Å². The highest BCUT2D eigenvalue weighted by atomic mass is 79.9. The monoisotopic (exact) mass is 628 g/mol. The molecule has 6 nitrogen and oxygen atoms in total. The van der Waals surface area contributed by atoms with Crippen LogP contribution >= 0.6 is 19.0 Å². The minimum absolute atomic E-state index is 0. The maximum Gasteiger partial charge on any atom is 0.321 e. The van der Waals surface area contributed by atoms with Gasteiger partial charge in [0.05, 0.1) is 11.4 Å². The maximum absolute atomic E-state index is 12.8. The molecule has 3 aromatic carbocycles. The van der Waals surface area contributed by atoms with E-state index in [-0.39, 0.29) is 41.0 Å². The first-order chi connectivity index (χ1) is 18.4. The molecule has 4 rings (SSSR count). The summed E-state index contributed by atoms with van der Waals surface area (Å²) in [6, 6.07) is 31.2. The molecule has 1 aliphatic rings. The van der Waals surface area contributed by atoms with E-state index in [1.165, 1.54) is 20.8 Å². The summed E-state index contributed by atoms with van der Waals surface area (Å²) in [5.41, 5.74) is 5.56. The molecule has 0 spiro atoms. The molecule has 2 atom stereocenters. The highest BCUT2D eigenvalue weighted by Crippen LogP contribution is 2.56. The van der Waals surface area contributed by atoms with Crippen LogP contribution in [0.15, 0.2) is 91.0 Å². The first-order valence-corrected chi connectivity index (χ1v) is 15.9. The molecule has 1 heterocycles. The van der Waals surface area contributed by atoms with Crippen molar-refractivity contribution in [1.29, 1.82) is 0 Å². The number of hydrogen-bond donors (Lipinski definition) is 2. The summed E-state index contributed by atoms with van der Waals surface area (Å²) in [6.45, 7) is 0.396. The number of unbranched alkanes of at least 4 members (excludes halogenated alkanes) is 2. The van der Waals surface area contributed by atoms with Crippen molar-refractivity contribution in [3.8, 4) is 0 Å². The molecule has 3 aromatic rings. The van der Waals surface area contributed by atoms with E-state index in [1.807, 2.05) is 0 Å². The van der Waals surface area contributed by atoms with Gasteiger partial charge in [-0.15, -0.1) is 11.8 Å². The van der Waals surface area contributed by atoms with E-state index in [1.54, 1.807) is 0 Å². The highest BCUT2D eigenvalue weighted by molar-refractivity contribution is 8.00. The zero-order chi connectivity index (χ0) is 27.0. The number of carbonyl (C=O) groups excluding carboxylic acids is 2. The maximum atomic E-state index is 12.8. The molecule has 0 aromatic heterocycles. The van der Waals surface area contributed by atoms with E-state index >= 15 is 0 Å². The molecule has 206 valence electrons. The molecule has 2 amide bonds. The molecule has 9 heteroatoms. The summed E-state index contributed by atoms with van der Waals surface area (Å²) in [5, 5.41) is 12.5. The zero-order valence-corrected chi connectivity index (χ0v) is 25.0. The van der Waals surface area contributed by atoms with E-state index < -0.39 is 24.5 Å². The second-order valence-corrected chi connectivity index (χ2v) is 14.3. The molecule has 1 aliphatic heterocycles. The van der Waals surface area contributed by atoms with Gasteiger partial charge in [0, 0.05) is 18.7 Å². The molecule has 39 heavy (non-hydrogen) atoms. The lowest BCUT2D eigenvalue weighted by atomic mass is 10.2. The number of hydrogen-bond acceptors (Lipinski definition) is 5. The third-order valence-corrected chi connectivity index (χ3v) is 12.8. The van der Waals surface area contributed by atoms with Gasteiger partial charge >= 0.3 is 5.97 Å². The Morgan fingerprint density at radius 2 is 1.36 bits per heavy atom. The molecule has 1 fully saturated rings.